The fourth-order valence-corrected chi connectivity index (χ4v) is 4.18. The summed E-state index contributed by atoms with van der Waals surface area (Å²) < 4.78 is 1.19. The Balaban J connectivity index is 1.72. The number of likely N-dealkylation sites (tertiary alicyclic amines) is 1. The number of nitrogens with zero attached hydrogens (tertiary/aromatic N) is 1. The van der Waals surface area contributed by atoms with Gasteiger partial charge in [0.25, 0.3) is 0 Å². The van der Waals surface area contributed by atoms with Gasteiger partial charge in [-0.2, -0.15) is 0 Å². The van der Waals surface area contributed by atoms with Crippen LogP contribution >= 0.6 is 15.9 Å². The van der Waals surface area contributed by atoms with Crippen LogP contribution in [0.15, 0.2) is 28.7 Å². The van der Waals surface area contributed by atoms with E-state index in [-0.39, 0.29) is 5.41 Å². The van der Waals surface area contributed by atoms with Gasteiger partial charge in [-0.05, 0) is 30.4 Å². The molecule has 2 nitrogen and oxygen atoms in total. The minimum atomic E-state index is 0.210. The second kappa shape index (κ2) is 4.95. The molecular formula is C15H20BrNO. The Hall–Kier alpha value is -0.380. The third-order valence-electron chi connectivity index (χ3n) is 4.78. The van der Waals surface area contributed by atoms with Crippen LogP contribution in [0.25, 0.3) is 0 Å². The van der Waals surface area contributed by atoms with Gasteiger partial charge in [-0.3, -0.25) is 4.90 Å². The zero-order chi connectivity index (χ0) is 12.6. The van der Waals surface area contributed by atoms with Crippen molar-refractivity contribution in [3.63, 3.8) is 0 Å². The summed E-state index contributed by atoms with van der Waals surface area (Å²) >= 11 is 3.62. The Kier molecular flexibility index (Phi) is 3.48. The average Bonchev–Trinajstić information content (AvgIpc) is 2.89. The first-order valence-electron chi connectivity index (χ1n) is 6.80. The molecule has 0 bridgehead atoms. The van der Waals surface area contributed by atoms with Gasteiger partial charge in [-0.25, -0.2) is 0 Å². The fraction of sp³-hybridized carbons (Fsp3) is 0.600. The highest BCUT2D eigenvalue weighted by molar-refractivity contribution is 9.10. The molecule has 1 aliphatic carbocycles. The first kappa shape index (κ1) is 12.6. The first-order chi connectivity index (χ1) is 8.73. The molecule has 1 N–H and O–H groups in total. The molecule has 0 aromatic heterocycles. The van der Waals surface area contributed by atoms with Crippen LogP contribution in [0.2, 0.25) is 0 Å². The predicted octanol–water partition coefficient (Wildman–Crippen LogP) is 3.04. The summed E-state index contributed by atoms with van der Waals surface area (Å²) in [6.45, 7) is 3.58. The van der Waals surface area contributed by atoms with E-state index in [4.69, 9.17) is 0 Å². The minimum Gasteiger partial charge on any atom is -0.396 e. The lowest BCUT2D eigenvalue weighted by molar-refractivity contribution is 0.111. The normalized spacial score (nSPS) is 31.8. The molecule has 2 fully saturated rings. The van der Waals surface area contributed by atoms with Gasteiger partial charge in [0.1, 0.15) is 0 Å². The fourth-order valence-electron chi connectivity index (χ4n) is 3.77. The second-order valence-corrected chi connectivity index (χ2v) is 6.73. The van der Waals surface area contributed by atoms with Crippen molar-refractivity contribution in [3.8, 4) is 0 Å². The molecule has 2 unspecified atom stereocenters. The summed E-state index contributed by atoms with van der Waals surface area (Å²) in [5, 5.41) is 9.73. The number of rotatable bonds is 3. The maximum absolute atomic E-state index is 9.73. The molecule has 1 saturated carbocycles. The largest absolute Gasteiger partial charge is 0.396 e. The summed E-state index contributed by atoms with van der Waals surface area (Å²) in [7, 11) is 0. The topological polar surface area (TPSA) is 23.5 Å². The molecule has 3 heteroatoms. The van der Waals surface area contributed by atoms with Gasteiger partial charge >= 0.3 is 0 Å². The lowest BCUT2D eigenvalue weighted by Gasteiger charge is -2.26. The van der Waals surface area contributed by atoms with Crippen molar-refractivity contribution < 1.29 is 5.11 Å². The van der Waals surface area contributed by atoms with Crippen molar-refractivity contribution in [2.24, 2.45) is 11.3 Å². The zero-order valence-electron chi connectivity index (χ0n) is 10.6. The molecule has 2 aliphatic rings. The lowest BCUT2D eigenvalue weighted by atomic mass is 9.82. The Morgan fingerprint density at radius 3 is 2.94 bits per heavy atom. The summed E-state index contributed by atoms with van der Waals surface area (Å²) in [5.74, 6) is 0.713. The molecule has 0 spiro atoms. The van der Waals surface area contributed by atoms with Gasteiger partial charge < -0.3 is 5.11 Å². The zero-order valence-corrected chi connectivity index (χ0v) is 12.2. The van der Waals surface area contributed by atoms with E-state index < -0.39 is 0 Å². The molecule has 1 aromatic carbocycles. The molecule has 1 heterocycles. The van der Waals surface area contributed by atoms with Crippen LogP contribution in [-0.2, 0) is 6.54 Å². The van der Waals surface area contributed by atoms with Crippen LogP contribution in [0.5, 0.6) is 0 Å². The van der Waals surface area contributed by atoms with Gasteiger partial charge in [0, 0.05) is 29.5 Å². The van der Waals surface area contributed by atoms with Crippen molar-refractivity contribution in [2.45, 2.75) is 25.8 Å². The van der Waals surface area contributed by atoms with Crippen molar-refractivity contribution in [1.29, 1.82) is 0 Å². The van der Waals surface area contributed by atoms with E-state index in [0.29, 0.717) is 12.5 Å². The Morgan fingerprint density at radius 2 is 2.22 bits per heavy atom. The second-order valence-electron chi connectivity index (χ2n) is 5.87. The van der Waals surface area contributed by atoms with Gasteiger partial charge in [0.05, 0.1) is 6.61 Å². The third-order valence-corrected chi connectivity index (χ3v) is 5.55. The molecular weight excluding hydrogens is 290 g/mol. The number of aliphatic hydroxyl groups excluding tert-OH is 1. The monoisotopic (exact) mass is 309 g/mol. The average molecular weight is 310 g/mol. The Morgan fingerprint density at radius 1 is 1.39 bits per heavy atom. The molecule has 0 amide bonds. The number of aliphatic hydroxyl groups is 1. The summed E-state index contributed by atoms with van der Waals surface area (Å²) in [5.41, 5.74) is 1.56. The molecule has 1 aliphatic heterocycles. The van der Waals surface area contributed by atoms with E-state index in [1.807, 2.05) is 0 Å². The number of benzene rings is 1. The summed E-state index contributed by atoms with van der Waals surface area (Å²) in [6.07, 6.45) is 3.81. The Labute approximate surface area is 117 Å². The van der Waals surface area contributed by atoms with Crippen LogP contribution in [-0.4, -0.2) is 29.7 Å². The van der Waals surface area contributed by atoms with Gasteiger partial charge in [0.2, 0.25) is 0 Å². The van der Waals surface area contributed by atoms with Gasteiger partial charge in [-0.1, -0.05) is 40.5 Å². The van der Waals surface area contributed by atoms with Crippen molar-refractivity contribution in [1.82, 2.24) is 4.90 Å². The maximum atomic E-state index is 9.73. The van der Waals surface area contributed by atoms with Crippen LogP contribution in [0, 0.1) is 11.3 Å². The highest BCUT2D eigenvalue weighted by Gasteiger charge is 2.48. The standard InChI is InChI=1S/C15H20BrNO/c16-14-6-2-1-4-12(14)8-17-9-13-5-3-7-15(13,10-17)11-18/h1-2,4,6,13,18H,3,5,7-11H2. The first-order valence-corrected chi connectivity index (χ1v) is 7.59. The molecule has 18 heavy (non-hydrogen) atoms. The van der Waals surface area contributed by atoms with E-state index in [2.05, 4.69) is 45.1 Å². The predicted molar refractivity (Wildman–Crippen MR) is 76.3 cm³/mol. The van der Waals surface area contributed by atoms with E-state index >= 15 is 0 Å². The third kappa shape index (κ3) is 2.13. The maximum Gasteiger partial charge on any atom is 0.0502 e. The van der Waals surface area contributed by atoms with Crippen molar-refractivity contribution in [2.75, 3.05) is 19.7 Å². The van der Waals surface area contributed by atoms with Crippen molar-refractivity contribution in [3.05, 3.63) is 34.3 Å². The molecule has 2 atom stereocenters. The Bertz CT molecular complexity index is 436. The molecule has 98 valence electrons. The SMILES string of the molecule is OCC12CCCC1CN(Cc1ccccc1Br)C2. The van der Waals surface area contributed by atoms with E-state index in [9.17, 15) is 5.11 Å². The van der Waals surface area contributed by atoms with Crippen LogP contribution in [0.4, 0.5) is 0 Å². The number of hydrogen-bond acceptors (Lipinski definition) is 2. The number of halogens is 1. The van der Waals surface area contributed by atoms with Crippen LogP contribution < -0.4 is 0 Å². The van der Waals surface area contributed by atoms with E-state index in [0.717, 1.165) is 19.6 Å². The van der Waals surface area contributed by atoms with Gasteiger partial charge in [0.15, 0.2) is 0 Å². The van der Waals surface area contributed by atoms with E-state index in [1.165, 1.54) is 29.3 Å². The minimum absolute atomic E-state index is 0.210. The number of fused-ring (bicyclic) bond motifs is 1. The van der Waals surface area contributed by atoms with E-state index in [1.54, 1.807) is 0 Å². The smallest absolute Gasteiger partial charge is 0.0502 e. The quantitative estimate of drug-likeness (QED) is 0.927. The summed E-state index contributed by atoms with van der Waals surface area (Å²) in [6, 6.07) is 8.44. The molecule has 0 radical (unpaired) electrons. The molecule has 1 saturated heterocycles. The van der Waals surface area contributed by atoms with Crippen molar-refractivity contribution >= 4 is 15.9 Å². The molecule has 3 rings (SSSR count). The molecule has 1 aromatic rings. The van der Waals surface area contributed by atoms with Crippen LogP contribution in [0.1, 0.15) is 24.8 Å². The lowest BCUT2D eigenvalue weighted by Crippen LogP contribution is -2.30. The van der Waals surface area contributed by atoms with Crippen LogP contribution in [0.3, 0.4) is 0 Å². The highest BCUT2D eigenvalue weighted by atomic mass is 79.9. The number of hydrogen-bond donors (Lipinski definition) is 1. The summed E-state index contributed by atoms with van der Waals surface area (Å²) in [4.78, 5) is 2.51. The van der Waals surface area contributed by atoms with Gasteiger partial charge in [-0.15, -0.1) is 0 Å². The highest BCUT2D eigenvalue weighted by Crippen LogP contribution is 2.48.